The van der Waals surface area contributed by atoms with Gasteiger partial charge in [-0.3, -0.25) is 4.79 Å². The van der Waals surface area contributed by atoms with Gasteiger partial charge in [-0.25, -0.2) is 0 Å². The van der Waals surface area contributed by atoms with Crippen LogP contribution in [0, 0.1) is 5.92 Å². The first-order chi connectivity index (χ1) is 7.61. The second-order valence-electron chi connectivity index (χ2n) is 5.23. The molecule has 2 atom stereocenters. The highest BCUT2D eigenvalue weighted by Crippen LogP contribution is 2.40. The highest BCUT2D eigenvalue weighted by atomic mass is 32.2. The second kappa shape index (κ2) is 5.07. The van der Waals surface area contributed by atoms with Gasteiger partial charge in [0.15, 0.2) is 0 Å². The summed E-state index contributed by atoms with van der Waals surface area (Å²) in [5, 5.41) is 0. The fourth-order valence-corrected chi connectivity index (χ4v) is 3.98. The third-order valence-electron chi connectivity index (χ3n) is 3.49. The summed E-state index contributed by atoms with van der Waals surface area (Å²) in [4.78, 5) is 14.0. The van der Waals surface area contributed by atoms with Crippen LogP contribution in [-0.4, -0.2) is 55.0 Å². The number of ketones is 1. The van der Waals surface area contributed by atoms with Crippen LogP contribution in [0.25, 0.3) is 0 Å². The van der Waals surface area contributed by atoms with Gasteiger partial charge in [-0.2, -0.15) is 11.8 Å². The summed E-state index contributed by atoms with van der Waals surface area (Å²) in [7, 11) is 3.91. The molecule has 2 aliphatic heterocycles. The average Bonchev–Trinajstić information content (AvgIpc) is 2.65. The number of carbonyl (C=O) groups excluding carboxylic acids is 1. The van der Waals surface area contributed by atoms with Crippen LogP contribution < -0.4 is 0 Å². The van der Waals surface area contributed by atoms with Crippen molar-refractivity contribution >= 4 is 17.5 Å². The van der Waals surface area contributed by atoms with Crippen molar-refractivity contribution < 1.29 is 9.53 Å². The van der Waals surface area contributed by atoms with Gasteiger partial charge in [0.1, 0.15) is 5.78 Å². The number of hydrogen-bond donors (Lipinski definition) is 0. The molecule has 2 heterocycles. The Kier molecular flexibility index (Phi) is 3.93. The van der Waals surface area contributed by atoms with Crippen molar-refractivity contribution in [3.8, 4) is 0 Å². The van der Waals surface area contributed by atoms with E-state index in [4.69, 9.17) is 4.74 Å². The molecule has 2 rings (SSSR count). The minimum Gasteiger partial charge on any atom is -0.374 e. The molecular formula is C12H21NO2S. The topological polar surface area (TPSA) is 29.5 Å². The second-order valence-corrected chi connectivity index (χ2v) is 6.33. The number of carbonyl (C=O) groups is 1. The summed E-state index contributed by atoms with van der Waals surface area (Å²) in [5.41, 5.74) is 0.0373. The quantitative estimate of drug-likeness (QED) is 0.750. The van der Waals surface area contributed by atoms with Gasteiger partial charge in [0.2, 0.25) is 0 Å². The molecule has 16 heavy (non-hydrogen) atoms. The number of Topliss-reactive ketones (excluding diaryl/α,β-unsaturated/α-hetero) is 1. The number of hydrogen-bond acceptors (Lipinski definition) is 4. The third-order valence-corrected chi connectivity index (χ3v) is 4.71. The summed E-state index contributed by atoms with van der Waals surface area (Å²) in [5.74, 6) is 2.90. The van der Waals surface area contributed by atoms with Crippen LogP contribution in [0.4, 0.5) is 0 Å². The molecule has 0 aromatic heterocycles. The molecule has 0 aromatic carbocycles. The summed E-state index contributed by atoms with van der Waals surface area (Å²) in [6.07, 6.45) is 3.00. The van der Waals surface area contributed by atoms with E-state index < -0.39 is 0 Å². The Hall–Kier alpha value is -0.0600. The molecule has 0 radical (unpaired) electrons. The van der Waals surface area contributed by atoms with E-state index in [-0.39, 0.29) is 11.5 Å². The van der Waals surface area contributed by atoms with Crippen LogP contribution in [0.1, 0.15) is 19.3 Å². The lowest BCUT2D eigenvalue weighted by molar-refractivity contribution is -0.134. The van der Waals surface area contributed by atoms with Crippen molar-refractivity contribution in [3.63, 3.8) is 0 Å². The van der Waals surface area contributed by atoms with Crippen molar-refractivity contribution in [1.29, 1.82) is 0 Å². The Morgan fingerprint density at radius 3 is 3.00 bits per heavy atom. The molecule has 2 aliphatic rings. The van der Waals surface area contributed by atoms with Crippen molar-refractivity contribution in [2.45, 2.75) is 24.9 Å². The minimum absolute atomic E-state index is 0.0373. The molecule has 0 aromatic rings. The Balaban J connectivity index is 1.93. The number of thioether (sulfide) groups is 1. The fraction of sp³-hybridized carbons (Fsp3) is 0.917. The summed E-state index contributed by atoms with van der Waals surface area (Å²) in [6.45, 7) is 1.35. The van der Waals surface area contributed by atoms with Crippen molar-refractivity contribution in [2.75, 3.05) is 38.8 Å². The van der Waals surface area contributed by atoms with E-state index in [0.29, 0.717) is 12.3 Å². The maximum Gasteiger partial charge on any atom is 0.150 e. The highest BCUT2D eigenvalue weighted by molar-refractivity contribution is 7.99. The maximum atomic E-state index is 12.0. The lowest BCUT2D eigenvalue weighted by atomic mass is 9.83. The largest absolute Gasteiger partial charge is 0.374 e. The molecule has 4 heteroatoms. The molecule has 0 amide bonds. The van der Waals surface area contributed by atoms with Gasteiger partial charge >= 0.3 is 0 Å². The fourth-order valence-electron chi connectivity index (χ4n) is 2.61. The zero-order chi connectivity index (χ0) is 11.6. The lowest BCUT2D eigenvalue weighted by Crippen LogP contribution is -2.43. The first kappa shape index (κ1) is 12.4. The zero-order valence-electron chi connectivity index (χ0n) is 10.2. The molecule has 92 valence electrons. The van der Waals surface area contributed by atoms with Gasteiger partial charge in [0.05, 0.1) is 12.1 Å². The van der Waals surface area contributed by atoms with Crippen LogP contribution in [0.2, 0.25) is 0 Å². The molecule has 3 nitrogen and oxygen atoms in total. The van der Waals surface area contributed by atoms with Gasteiger partial charge in [0.25, 0.3) is 0 Å². The molecule has 2 unspecified atom stereocenters. The van der Waals surface area contributed by atoms with Crippen LogP contribution in [0.15, 0.2) is 0 Å². The van der Waals surface area contributed by atoms with Crippen molar-refractivity contribution in [2.24, 2.45) is 5.92 Å². The summed E-state index contributed by atoms with van der Waals surface area (Å²) < 4.78 is 5.93. The van der Waals surface area contributed by atoms with Crippen LogP contribution in [0.3, 0.4) is 0 Å². The zero-order valence-corrected chi connectivity index (χ0v) is 11.0. The Bertz CT molecular complexity index is 262. The number of rotatable bonds is 3. The smallest absolute Gasteiger partial charge is 0.150 e. The molecule has 0 N–H and O–H groups in total. The van der Waals surface area contributed by atoms with Crippen molar-refractivity contribution in [3.05, 3.63) is 0 Å². The van der Waals surface area contributed by atoms with E-state index >= 15 is 0 Å². The predicted molar refractivity (Wildman–Crippen MR) is 66.9 cm³/mol. The van der Waals surface area contributed by atoms with E-state index in [2.05, 4.69) is 0 Å². The maximum absolute atomic E-state index is 12.0. The minimum atomic E-state index is 0.0373. The van der Waals surface area contributed by atoms with Crippen LogP contribution in [-0.2, 0) is 9.53 Å². The third kappa shape index (κ3) is 2.79. The van der Waals surface area contributed by atoms with Crippen LogP contribution >= 0.6 is 11.8 Å². The Morgan fingerprint density at radius 2 is 2.38 bits per heavy atom. The SMILES string of the molecule is CN(C)CC(=O)C1CCOC2(CCSC2)C1. The molecule has 0 saturated carbocycles. The van der Waals surface area contributed by atoms with E-state index in [1.54, 1.807) is 0 Å². The Labute approximate surface area is 102 Å². The Morgan fingerprint density at radius 1 is 1.56 bits per heavy atom. The molecule has 0 bridgehead atoms. The van der Waals surface area contributed by atoms with Gasteiger partial charge in [-0.15, -0.1) is 0 Å². The van der Waals surface area contributed by atoms with E-state index in [9.17, 15) is 4.79 Å². The van der Waals surface area contributed by atoms with Crippen molar-refractivity contribution in [1.82, 2.24) is 4.90 Å². The molecule has 2 saturated heterocycles. The van der Waals surface area contributed by atoms with Gasteiger partial charge in [-0.1, -0.05) is 0 Å². The van der Waals surface area contributed by atoms with Gasteiger partial charge < -0.3 is 9.64 Å². The standard InChI is InChI=1S/C12H21NO2S/c1-13(2)8-11(14)10-3-5-15-12(7-10)4-6-16-9-12/h10H,3-9H2,1-2H3. The molecule has 0 aliphatic carbocycles. The molecular weight excluding hydrogens is 222 g/mol. The average molecular weight is 243 g/mol. The van der Waals surface area contributed by atoms with Gasteiger partial charge in [0, 0.05) is 18.3 Å². The number of likely N-dealkylation sites (N-methyl/N-ethyl adjacent to an activating group) is 1. The summed E-state index contributed by atoms with van der Waals surface area (Å²) in [6, 6.07) is 0. The normalized spacial score (nSPS) is 34.8. The number of nitrogens with zero attached hydrogens (tertiary/aromatic N) is 1. The monoisotopic (exact) mass is 243 g/mol. The van der Waals surface area contributed by atoms with E-state index in [1.807, 2.05) is 30.8 Å². The number of ether oxygens (including phenoxy) is 1. The molecule has 2 fully saturated rings. The highest BCUT2D eigenvalue weighted by Gasteiger charge is 2.42. The predicted octanol–water partition coefficient (Wildman–Crippen LogP) is 1.42. The molecule has 1 spiro atoms. The van der Waals surface area contributed by atoms with E-state index in [0.717, 1.165) is 31.6 Å². The van der Waals surface area contributed by atoms with Crippen LogP contribution in [0.5, 0.6) is 0 Å². The first-order valence-electron chi connectivity index (χ1n) is 6.00. The lowest BCUT2D eigenvalue weighted by Gasteiger charge is -2.37. The first-order valence-corrected chi connectivity index (χ1v) is 7.16. The summed E-state index contributed by atoms with van der Waals surface area (Å²) >= 11 is 1.96. The van der Waals surface area contributed by atoms with E-state index in [1.165, 1.54) is 5.75 Å². The van der Waals surface area contributed by atoms with Gasteiger partial charge in [-0.05, 0) is 39.1 Å².